The molecule has 2 rings (SSSR count). The molecule has 0 unspecified atom stereocenters. The molecule has 2 aromatic rings. The molecule has 0 saturated heterocycles. The summed E-state index contributed by atoms with van der Waals surface area (Å²) >= 11 is 0. The van der Waals surface area contributed by atoms with Gasteiger partial charge in [0.15, 0.2) is 5.69 Å². The first-order valence-electron chi connectivity index (χ1n) is 6.95. The lowest BCUT2D eigenvalue weighted by atomic mass is 10.2. The van der Waals surface area contributed by atoms with E-state index in [1.165, 1.54) is 7.11 Å². The van der Waals surface area contributed by atoms with Gasteiger partial charge in [0.25, 0.3) is 5.91 Å². The molecule has 0 fully saturated rings. The Morgan fingerprint density at radius 2 is 1.96 bits per heavy atom. The average molecular weight is 340 g/mol. The summed E-state index contributed by atoms with van der Waals surface area (Å²) in [4.78, 5) is 19.1. The monoisotopic (exact) mass is 340 g/mol. The van der Waals surface area contributed by atoms with Crippen LogP contribution in [0.2, 0.25) is 0 Å². The Kier molecular flexibility index (Phi) is 5.69. The molecule has 0 radical (unpaired) electrons. The van der Waals surface area contributed by atoms with Crippen molar-refractivity contribution in [3.05, 3.63) is 47.8 Å². The van der Waals surface area contributed by atoms with Crippen LogP contribution >= 0.6 is 0 Å². The molecule has 9 heteroatoms. The summed E-state index contributed by atoms with van der Waals surface area (Å²) in [6.45, 7) is 0.262. The third-order valence-electron chi connectivity index (χ3n) is 2.92. The van der Waals surface area contributed by atoms with Crippen LogP contribution in [-0.4, -0.2) is 36.1 Å². The van der Waals surface area contributed by atoms with Gasteiger partial charge in [0, 0.05) is 25.5 Å². The molecule has 0 aliphatic carbocycles. The lowest BCUT2D eigenvalue weighted by Crippen LogP contribution is -2.30. The molecule has 1 aromatic heterocycles. The first-order chi connectivity index (χ1) is 11.4. The summed E-state index contributed by atoms with van der Waals surface area (Å²) in [6.07, 6.45) is -3.94. The van der Waals surface area contributed by atoms with E-state index in [-0.39, 0.29) is 19.1 Å². The van der Waals surface area contributed by atoms with Crippen molar-refractivity contribution in [1.29, 1.82) is 0 Å². The highest BCUT2D eigenvalue weighted by Gasteiger charge is 2.38. The third kappa shape index (κ3) is 4.66. The molecule has 0 saturated carbocycles. The number of halogens is 3. The SMILES string of the molecule is COCCNC(=O)c1cnc(Nc2ccccc2)nc1C(F)(F)F. The zero-order valence-electron chi connectivity index (χ0n) is 12.7. The van der Waals surface area contributed by atoms with Crippen molar-refractivity contribution in [2.24, 2.45) is 0 Å². The number of aromatic nitrogens is 2. The number of rotatable bonds is 6. The number of anilines is 2. The molecule has 0 aliphatic rings. The van der Waals surface area contributed by atoms with Crippen molar-refractivity contribution in [3.63, 3.8) is 0 Å². The predicted molar refractivity (Wildman–Crippen MR) is 81.0 cm³/mol. The van der Waals surface area contributed by atoms with Gasteiger partial charge in [-0.25, -0.2) is 9.97 Å². The summed E-state index contributed by atoms with van der Waals surface area (Å²) in [6, 6.07) is 8.50. The maximum atomic E-state index is 13.2. The summed E-state index contributed by atoms with van der Waals surface area (Å²) in [5.41, 5.74) is -1.41. The Morgan fingerprint density at radius 3 is 2.58 bits per heavy atom. The zero-order chi connectivity index (χ0) is 17.6. The number of carbonyl (C=O) groups excluding carboxylic acids is 1. The number of nitrogens with one attached hydrogen (secondary N) is 2. The van der Waals surface area contributed by atoms with E-state index in [1.807, 2.05) is 0 Å². The second kappa shape index (κ2) is 7.73. The number of benzene rings is 1. The van der Waals surface area contributed by atoms with Crippen molar-refractivity contribution in [3.8, 4) is 0 Å². The fourth-order valence-electron chi connectivity index (χ4n) is 1.84. The minimum absolute atomic E-state index is 0.0800. The summed E-state index contributed by atoms with van der Waals surface area (Å²) in [7, 11) is 1.42. The molecule has 0 spiro atoms. The predicted octanol–water partition coefficient (Wildman–Crippen LogP) is 2.62. The van der Waals surface area contributed by atoms with Crippen molar-refractivity contribution in [2.75, 3.05) is 25.6 Å². The van der Waals surface area contributed by atoms with E-state index >= 15 is 0 Å². The van der Waals surface area contributed by atoms with Gasteiger partial charge < -0.3 is 15.4 Å². The van der Waals surface area contributed by atoms with Crippen LogP contribution in [0.25, 0.3) is 0 Å². The Bertz CT molecular complexity index is 693. The van der Waals surface area contributed by atoms with Gasteiger partial charge in [-0.15, -0.1) is 0 Å². The number of amides is 1. The number of hydrogen-bond acceptors (Lipinski definition) is 5. The van der Waals surface area contributed by atoms with Crippen molar-refractivity contribution < 1.29 is 22.7 Å². The van der Waals surface area contributed by atoms with Crippen LogP contribution in [0.4, 0.5) is 24.8 Å². The lowest BCUT2D eigenvalue weighted by molar-refractivity contribution is -0.141. The van der Waals surface area contributed by atoms with Gasteiger partial charge in [-0.2, -0.15) is 13.2 Å². The maximum absolute atomic E-state index is 13.2. The highest BCUT2D eigenvalue weighted by molar-refractivity contribution is 5.95. The Hall–Kier alpha value is -2.68. The number of nitrogens with zero attached hydrogens (tertiary/aromatic N) is 2. The van der Waals surface area contributed by atoms with Crippen LogP contribution in [0.5, 0.6) is 0 Å². The van der Waals surface area contributed by atoms with Crippen molar-refractivity contribution >= 4 is 17.5 Å². The van der Waals surface area contributed by atoms with Gasteiger partial charge in [0.1, 0.15) is 0 Å². The van der Waals surface area contributed by atoms with Gasteiger partial charge in [-0.3, -0.25) is 4.79 Å². The number of hydrogen-bond donors (Lipinski definition) is 2. The normalized spacial score (nSPS) is 11.2. The van der Waals surface area contributed by atoms with Crippen molar-refractivity contribution in [2.45, 2.75) is 6.18 Å². The van der Waals surface area contributed by atoms with Crippen LogP contribution in [0.15, 0.2) is 36.5 Å². The number of alkyl halides is 3. The third-order valence-corrected chi connectivity index (χ3v) is 2.92. The summed E-state index contributed by atoms with van der Waals surface area (Å²) in [5.74, 6) is -1.16. The molecule has 1 heterocycles. The van der Waals surface area contributed by atoms with Gasteiger partial charge in [0.05, 0.1) is 12.2 Å². The topological polar surface area (TPSA) is 76.1 Å². The van der Waals surface area contributed by atoms with Crippen LogP contribution in [0.3, 0.4) is 0 Å². The molecule has 1 aromatic carbocycles. The first kappa shape index (κ1) is 17.7. The molecule has 0 bridgehead atoms. The molecular weight excluding hydrogens is 325 g/mol. The Labute approximate surface area is 136 Å². The molecule has 6 nitrogen and oxygen atoms in total. The summed E-state index contributed by atoms with van der Waals surface area (Å²) < 4.78 is 44.3. The van der Waals surface area contributed by atoms with E-state index in [9.17, 15) is 18.0 Å². The first-order valence-corrected chi connectivity index (χ1v) is 6.95. The zero-order valence-corrected chi connectivity index (χ0v) is 12.7. The van der Waals surface area contributed by atoms with E-state index < -0.39 is 23.3 Å². The van der Waals surface area contributed by atoms with Crippen LogP contribution in [-0.2, 0) is 10.9 Å². The van der Waals surface area contributed by atoms with E-state index in [1.54, 1.807) is 30.3 Å². The van der Waals surface area contributed by atoms with E-state index in [0.717, 1.165) is 6.20 Å². The van der Waals surface area contributed by atoms with Crippen LogP contribution in [0, 0.1) is 0 Å². The molecule has 128 valence electrons. The second-order valence-corrected chi connectivity index (χ2v) is 4.69. The lowest BCUT2D eigenvalue weighted by Gasteiger charge is -2.13. The number of para-hydroxylation sites is 1. The number of ether oxygens (including phenoxy) is 1. The molecular formula is C15H15F3N4O2. The van der Waals surface area contributed by atoms with Gasteiger partial charge in [-0.1, -0.05) is 18.2 Å². The molecule has 0 aliphatic heterocycles. The average Bonchev–Trinajstić information content (AvgIpc) is 2.55. The van der Waals surface area contributed by atoms with E-state index in [0.29, 0.717) is 5.69 Å². The summed E-state index contributed by atoms with van der Waals surface area (Å²) in [5, 5.41) is 4.98. The quantitative estimate of drug-likeness (QED) is 0.791. The smallest absolute Gasteiger partial charge is 0.383 e. The highest BCUT2D eigenvalue weighted by atomic mass is 19.4. The Morgan fingerprint density at radius 1 is 1.25 bits per heavy atom. The van der Waals surface area contributed by atoms with E-state index in [2.05, 4.69) is 20.6 Å². The fraction of sp³-hybridized carbons (Fsp3) is 0.267. The second-order valence-electron chi connectivity index (χ2n) is 4.69. The maximum Gasteiger partial charge on any atom is 0.434 e. The minimum atomic E-state index is -4.79. The largest absolute Gasteiger partial charge is 0.434 e. The van der Waals surface area contributed by atoms with Crippen LogP contribution in [0.1, 0.15) is 16.1 Å². The van der Waals surface area contributed by atoms with E-state index in [4.69, 9.17) is 4.74 Å². The van der Waals surface area contributed by atoms with Crippen molar-refractivity contribution in [1.82, 2.24) is 15.3 Å². The number of methoxy groups -OCH3 is 1. The fourth-order valence-corrected chi connectivity index (χ4v) is 1.84. The Balaban J connectivity index is 2.27. The van der Waals surface area contributed by atoms with Gasteiger partial charge in [0.2, 0.25) is 5.95 Å². The molecule has 24 heavy (non-hydrogen) atoms. The van der Waals surface area contributed by atoms with Crippen LogP contribution < -0.4 is 10.6 Å². The number of carbonyl (C=O) groups is 1. The molecule has 0 atom stereocenters. The molecule has 1 amide bonds. The standard InChI is InChI=1S/C15H15F3N4O2/c1-24-8-7-19-13(23)11-9-20-14(22-12(11)15(16,17)18)21-10-5-3-2-4-6-10/h2-6,9H,7-8H2,1H3,(H,19,23)(H,20,21,22). The molecule has 2 N–H and O–H groups in total. The van der Waals surface area contributed by atoms with Gasteiger partial charge in [-0.05, 0) is 12.1 Å². The highest BCUT2D eigenvalue weighted by Crippen LogP contribution is 2.31. The minimum Gasteiger partial charge on any atom is -0.383 e. The van der Waals surface area contributed by atoms with Gasteiger partial charge >= 0.3 is 6.18 Å².